The van der Waals surface area contributed by atoms with Crippen molar-refractivity contribution in [3.05, 3.63) is 90.1 Å². The Hall–Kier alpha value is -5.42. The molecule has 2 aromatic carbocycles. The van der Waals surface area contributed by atoms with E-state index in [1.165, 1.54) is 12.3 Å². The van der Waals surface area contributed by atoms with E-state index in [0.717, 1.165) is 12.5 Å². The maximum atomic E-state index is 13.0. The number of carbonyl (C=O) groups is 5. The Morgan fingerprint density at radius 3 is 2.25 bits per heavy atom. The molecule has 4 rings (SSSR count). The van der Waals surface area contributed by atoms with Crippen molar-refractivity contribution in [3.63, 3.8) is 0 Å². The summed E-state index contributed by atoms with van der Waals surface area (Å²) in [5.41, 5.74) is 2.31. The fourth-order valence-corrected chi connectivity index (χ4v) is 5.77. The predicted octanol–water partition coefficient (Wildman–Crippen LogP) is 2.23. The maximum Gasteiger partial charge on any atom is 0.407 e. The van der Waals surface area contributed by atoms with Gasteiger partial charge in [-0.05, 0) is 30.5 Å². The third-order valence-electron chi connectivity index (χ3n) is 8.48. The van der Waals surface area contributed by atoms with Gasteiger partial charge in [0.25, 0.3) is 11.7 Å². The van der Waals surface area contributed by atoms with Crippen molar-refractivity contribution in [3.8, 4) is 11.3 Å². The molecule has 1 aliphatic heterocycles. The number of nitrogens with one attached hydrogen (secondary N) is 3. The highest BCUT2D eigenvalue weighted by Crippen LogP contribution is 2.34. The number of aliphatic hydroxyl groups excluding tert-OH is 2. The van der Waals surface area contributed by atoms with Gasteiger partial charge >= 0.3 is 18.0 Å². The summed E-state index contributed by atoms with van der Waals surface area (Å²) in [5, 5.41) is 49.5. The molecule has 6 atom stereocenters. The molecule has 3 aromatic rings. The van der Waals surface area contributed by atoms with Gasteiger partial charge in [0.2, 0.25) is 5.91 Å². The molecular formula is C37H44N4O12. The lowest BCUT2D eigenvalue weighted by Gasteiger charge is -2.48. The summed E-state index contributed by atoms with van der Waals surface area (Å²) in [6, 6.07) is 18.6. The summed E-state index contributed by atoms with van der Waals surface area (Å²) in [4.78, 5) is 66.4. The van der Waals surface area contributed by atoms with E-state index in [9.17, 15) is 39.3 Å². The Balaban J connectivity index is 1.52. The van der Waals surface area contributed by atoms with Gasteiger partial charge in [-0.15, -0.1) is 0 Å². The van der Waals surface area contributed by atoms with Crippen LogP contribution in [0, 0.1) is 0 Å². The van der Waals surface area contributed by atoms with Crippen molar-refractivity contribution in [1.29, 1.82) is 0 Å². The Morgan fingerprint density at radius 1 is 0.925 bits per heavy atom. The minimum absolute atomic E-state index is 0.0890. The van der Waals surface area contributed by atoms with E-state index < -0.39 is 79.0 Å². The molecule has 16 heteroatoms. The van der Waals surface area contributed by atoms with E-state index in [1.54, 1.807) is 36.4 Å². The summed E-state index contributed by atoms with van der Waals surface area (Å²) in [5.74, 6) is -6.36. The molecule has 16 nitrogen and oxygen atoms in total. The highest BCUT2D eigenvalue weighted by atomic mass is 16.7. The summed E-state index contributed by atoms with van der Waals surface area (Å²) in [6.07, 6.45) is -4.76. The average molecular weight is 737 g/mol. The van der Waals surface area contributed by atoms with Crippen LogP contribution in [0.5, 0.6) is 0 Å². The van der Waals surface area contributed by atoms with Crippen molar-refractivity contribution in [2.24, 2.45) is 0 Å². The fraction of sp³-hybridized carbons (Fsp3) is 0.405. The molecule has 0 spiro atoms. The number of aromatic nitrogens is 1. The average Bonchev–Trinajstić information content (AvgIpc) is 3.15. The minimum Gasteiger partial charge on any atom is -0.481 e. The van der Waals surface area contributed by atoms with Crippen LogP contribution < -0.4 is 16.0 Å². The Kier molecular flexibility index (Phi) is 14.8. The smallest absolute Gasteiger partial charge is 0.407 e. The highest BCUT2D eigenvalue weighted by molar-refractivity contribution is 5.94. The molecule has 0 aliphatic carbocycles. The fourth-order valence-electron chi connectivity index (χ4n) is 5.77. The molecule has 1 aromatic heterocycles. The number of carbonyl (C=O) groups excluding carboxylic acids is 3. The molecule has 1 saturated heterocycles. The Labute approximate surface area is 305 Å². The molecule has 0 saturated carbocycles. The lowest BCUT2D eigenvalue weighted by atomic mass is 9.86. The van der Waals surface area contributed by atoms with Gasteiger partial charge in [-0.2, -0.15) is 0 Å². The molecule has 0 unspecified atom stereocenters. The number of aliphatic hydroxyl groups is 2. The first-order chi connectivity index (χ1) is 25.4. The molecule has 0 bridgehead atoms. The van der Waals surface area contributed by atoms with Gasteiger partial charge in [-0.25, -0.2) is 9.59 Å². The Morgan fingerprint density at radius 2 is 1.62 bits per heavy atom. The number of alkyl carbamates (subject to hydrolysis) is 1. The normalized spacial score (nSPS) is 20.7. The number of hydrogen-bond acceptors (Lipinski definition) is 11. The van der Waals surface area contributed by atoms with E-state index in [1.807, 2.05) is 30.3 Å². The van der Waals surface area contributed by atoms with Crippen LogP contribution in [0.4, 0.5) is 4.79 Å². The SMILES string of the molecule is CC(=O)N[C@H]1[C@H]([C@H](O)[C@H](O)CNC(=O)c2ccc(-c3ccccc3)nc2)O[C@@](OCCCCCC(=O)O)(C(=O)O)C[C@@H]1NC(=O)OCc1ccccc1. The number of rotatable bonds is 18. The largest absolute Gasteiger partial charge is 0.481 e. The summed E-state index contributed by atoms with van der Waals surface area (Å²) < 4.78 is 17.0. The van der Waals surface area contributed by atoms with E-state index >= 15 is 0 Å². The number of unbranched alkanes of at least 4 members (excludes halogenated alkanes) is 2. The second-order valence-corrected chi connectivity index (χ2v) is 12.5. The lowest BCUT2D eigenvalue weighted by molar-refractivity contribution is -0.300. The lowest BCUT2D eigenvalue weighted by Crippen LogP contribution is -2.71. The van der Waals surface area contributed by atoms with Crippen LogP contribution in [0.1, 0.15) is 54.9 Å². The Bertz CT molecular complexity index is 1680. The molecule has 2 heterocycles. The molecule has 3 amide bonds. The van der Waals surface area contributed by atoms with Crippen molar-refractivity contribution in [2.75, 3.05) is 13.2 Å². The van der Waals surface area contributed by atoms with Crippen molar-refractivity contribution in [2.45, 2.75) is 81.8 Å². The van der Waals surface area contributed by atoms with Gasteiger partial charge in [0, 0.05) is 38.1 Å². The van der Waals surface area contributed by atoms with E-state index in [-0.39, 0.29) is 31.6 Å². The van der Waals surface area contributed by atoms with Gasteiger partial charge < -0.3 is 50.6 Å². The predicted molar refractivity (Wildman–Crippen MR) is 187 cm³/mol. The first kappa shape index (κ1) is 40.4. The van der Waals surface area contributed by atoms with E-state index in [4.69, 9.17) is 19.3 Å². The van der Waals surface area contributed by atoms with Gasteiger partial charge in [0.05, 0.1) is 36.1 Å². The summed E-state index contributed by atoms with van der Waals surface area (Å²) >= 11 is 0. The monoisotopic (exact) mass is 736 g/mol. The third kappa shape index (κ3) is 11.8. The quantitative estimate of drug-likeness (QED) is 0.0928. The van der Waals surface area contributed by atoms with Crippen LogP contribution in [0.3, 0.4) is 0 Å². The number of ether oxygens (including phenoxy) is 3. The van der Waals surface area contributed by atoms with E-state index in [0.29, 0.717) is 24.1 Å². The van der Waals surface area contributed by atoms with Gasteiger partial charge in [-0.1, -0.05) is 67.1 Å². The zero-order valence-corrected chi connectivity index (χ0v) is 29.1. The molecule has 1 aliphatic rings. The molecular weight excluding hydrogens is 692 g/mol. The number of benzene rings is 2. The number of nitrogens with zero attached hydrogens (tertiary/aromatic N) is 1. The van der Waals surface area contributed by atoms with Crippen molar-refractivity contribution >= 4 is 29.8 Å². The van der Waals surface area contributed by atoms with Crippen LogP contribution in [-0.4, -0.2) is 105 Å². The van der Waals surface area contributed by atoms with Crippen LogP contribution in [-0.2, 0) is 35.2 Å². The standard InChI is InChI=1S/C37H44N4O12/c1-23(42)40-31-28(41-36(50)51-22-24-11-5-2-6-12-24)19-37(35(48)49,52-18-10-4-9-15-30(44)45)53-33(31)32(46)29(43)21-39-34(47)26-16-17-27(38-20-26)25-13-7-3-8-14-25/h2-3,5-8,11-14,16-17,20,28-29,31-33,43,46H,4,9-10,15,18-19,21-22H2,1H3,(H,39,47)(H,40,42)(H,41,50)(H,44,45)(H,48,49)/t28-,29+,31+,32+,33+,37+/m0/s1. The number of hydrogen-bond donors (Lipinski definition) is 7. The molecule has 53 heavy (non-hydrogen) atoms. The zero-order valence-electron chi connectivity index (χ0n) is 29.1. The maximum absolute atomic E-state index is 13.0. The second kappa shape index (κ2) is 19.4. The van der Waals surface area contributed by atoms with Crippen LogP contribution >= 0.6 is 0 Å². The van der Waals surface area contributed by atoms with Crippen molar-refractivity contribution in [1.82, 2.24) is 20.9 Å². The highest BCUT2D eigenvalue weighted by Gasteiger charge is 2.56. The number of pyridine rings is 1. The summed E-state index contributed by atoms with van der Waals surface area (Å²) in [6.45, 7) is 0.288. The molecule has 1 fully saturated rings. The number of aliphatic carboxylic acids is 2. The topological polar surface area (TPSA) is 243 Å². The minimum atomic E-state index is -2.50. The zero-order chi connectivity index (χ0) is 38.4. The number of carboxylic acids is 2. The van der Waals surface area contributed by atoms with Gasteiger partial charge in [-0.3, -0.25) is 19.4 Å². The second-order valence-electron chi connectivity index (χ2n) is 12.5. The van der Waals surface area contributed by atoms with Crippen molar-refractivity contribution < 1.29 is 58.6 Å². The molecule has 284 valence electrons. The summed E-state index contributed by atoms with van der Waals surface area (Å²) in [7, 11) is 0. The van der Waals surface area contributed by atoms with Crippen LogP contribution in [0.15, 0.2) is 79.0 Å². The first-order valence-corrected chi connectivity index (χ1v) is 17.1. The van der Waals surface area contributed by atoms with Crippen LogP contribution in [0.2, 0.25) is 0 Å². The molecule has 7 N–H and O–H groups in total. The van der Waals surface area contributed by atoms with Crippen LogP contribution in [0.25, 0.3) is 11.3 Å². The number of amides is 3. The number of carboxylic acid groups (broad SMARTS) is 2. The molecule has 0 radical (unpaired) electrons. The third-order valence-corrected chi connectivity index (χ3v) is 8.48. The first-order valence-electron chi connectivity index (χ1n) is 17.1. The van der Waals surface area contributed by atoms with Gasteiger partial charge in [0.15, 0.2) is 0 Å². The van der Waals surface area contributed by atoms with Gasteiger partial charge in [0.1, 0.15) is 18.8 Å². The van der Waals surface area contributed by atoms with E-state index in [2.05, 4.69) is 20.9 Å².